The Bertz CT molecular complexity index is 1090. The smallest absolute Gasteiger partial charge is 0.246 e. The molecule has 0 aliphatic carbocycles. The van der Waals surface area contributed by atoms with Gasteiger partial charge in [0.1, 0.15) is 0 Å². The van der Waals surface area contributed by atoms with Gasteiger partial charge in [0.25, 0.3) is 0 Å². The molecule has 0 fully saturated rings. The van der Waals surface area contributed by atoms with Crippen LogP contribution in [-0.4, -0.2) is 28.9 Å². The predicted molar refractivity (Wildman–Crippen MR) is 122 cm³/mol. The maximum Gasteiger partial charge on any atom is 0.246 e. The highest BCUT2D eigenvalue weighted by Crippen LogP contribution is 2.32. The highest BCUT2D eigenvalue weighted by atomic mass is 35.5. The molecule has 3 nitrogen and oxygen atoms in total. The van der Waals surface area contributed by atoms with E-state index >= 15 is 0 Å². The van der Waals surface area contributed by atoms with Crippen molar-refractivity contribution < 1.29 is 4.79 Å². The Kier molecular flexibility index (Phi) is 5.59. The summed E-state index contributed by atoms with van der Waals surface area (Å²) in [5, 5.41) is 1.86. The number of rotatable bonds is 4. The van der Waals surface area contributed by atoms with Gasteiger partial charge in [-0.1, -0.05) is 67.9 Å². The second-order valence-corrected chi connectivity index (χ2v) is 8.19. The van der Waals surface area contributed by atoms with Crippen LogP contribution in [0.3, 0.4) is 0 Å². The van der Waals surface area contributed by atoms with Crippen LogP contribution in [0, 0.1) is 0 Å². The van der Waals surface area contributed by atoms with E-state index in [1.807, 2.05) is 29.3 Å². The largest absolute Gasteiger partial charge is 0.359 e. The maximum atomic E-state index is 12.6. The van der Waals surface area contributed by atoms with Gasteiger partial charge < -0.3 is 9.88 Å². The van der Waals surface area contributed by atoms with Crippen LogP contribution < -0.4 is 0 Å². The molecule has 0 unspecified atom stereocenters. The van der Waals surface area contributed by atoms with Crippen molar-refractivity contribution in [3.8, 4) is 0 Å². The number of nitrogens with zero attached hydrogens (tertiary/aromatic N) is 1. The van der Waals surface area contributed by atoms with Crippen LogP contribution in [0.2, 0.25) is 5.02 Å². The second-order valence-electron chi connectivity index (χ2n) is 7.78. The zero-order chi connectivity index (χ0) is 20.4. The average Bonchev–Trinajstić information content (AvgIpc) is 3.18. The molecule has 2 aromatic carbocycles. The van der Waals surface area contributed by atoms with E-state index in [4.69, 9.17) is 11.6 Å². The summed E-state index contributed by atoms with van der Waals surface area (Å²) in [5.74, 6) is 0.562. The van der Waals surface area contributed by atoms with Crippen LogP contribution in [0.1, 0.15) is 42.9 Å². The first kappa shape index (κ1) is 19.5. The Hall–Kier alpha value is -2.78. The van der Waals surface area contributed by atoms with Crippen LogP contribution in [-0.2, 0) is 4.79 Å². The van der Waals surface area contributed by atoms with Crippen molar-refractivity contribution in [3.05, 3.63) is 82.5 Å². The molecular formula is C25H25ClN2O. The molecule has 0 radical (unpaired) electrons. The van der Waals surface area contributed by atoms with Crippen LogP contribution >= 0.6 is 11.6 Å². The Balaban J connectivity index is 1.43. The van der Waals surface area contributed by atoms with Crippen molar-refractivity contribution >= 4 is 40.1 Å². The molecule has 4 rings (SSSR count). The van der Waals surface area contributed by atoms with E-state index in [1.54, 1.807) is 6.08 Å². The molecule has 1 aromatic heterocycles. The quantitative estimate of drug-likeness (QED) is 0.511. The molecule has 29 heavy (non-hydrogen) atoms. The molecule has 3 aromatic rings. The summed E-state index contributed by atoms with van der Waals surface area (Å²) < 4.78 is 0. The van der Waals surface area contributed by atoms with Crippen molar-refractivity contribution in [2.75, 3.05) is 13.1 Å². The lowest BCUT2D eigenvalue weighted by Gasteiger charge is -2.25. The maximum absolute atomic E-state index is 12.6. The number of nitrogens with one attached hydrogen (secondary N) is 1. The van der Waals surface area contributed by atoms with Crippen LogP contribution in [0.4, 0.5) is 0 Å². The van der Waals surface area contributed by atoms with Crippen LogP contribution in [0.15, 0.2) is 60.8 Å². The summed E-state index contributed by atoms with van der Waals surface area (Å²) in [6, 6.07) is 14.3. The zero-order valence-electron chi connectivity index (χ0n) is 16.8. The third-order valence-electron chi connectivity index (χ3n) is 5.55. The molecule has 1 amide bonds. The van der Waals surface area contributed by atoms with E-state index < -0.39 is 0 Å². The first-order valence-electron chi connectivity index (χ1n) is 10.0. The number of carbonyl (C=O) groups excluding carboxylic acids is 1. The van der Waals surface area contributed by atoms with Gasteiger partial charge in [0.2, 0.25) is 5.91 Å². The number of amides is 1. The number of carbonyl (C=O) groups is 1. The number of para-hydroxylation sites is 1. The molecule has 1 aliphatic rings. The highest BCUT2D eigenvalue weighted by molar-refractivity contribution is 6.35. The summed E-state index contributed by atoms with van der Waals surface area (Å²) >= 11 is 6.27. The van der Waals surface area contributed by atoms with E-state index in [0.29, 0.717) is 19.0 Å². The Morgan fingerprint density at radius 3 is 2.66 bits per heavy atom. The molecule has 2 heterocycles. The van der Waals surface area contributed by atoms with Gasteiger partial charge in [-0.25, -0.2) is 0 Å². The van der Waals surface area contributed by atoms with Crippen molar-refractivity contribution in [2.24, 2.45) is 0 Å². The average molecular weight is 405 g/mol. The minimum atomic E-state index is 0.0511. The molecule has 0 atom stereocenters. The fraction of sp³-hybridized carbons (Fsp3) is 0.240. The van der Waals surface area contributed by atoms with Crippen molar-refractivity contribution in [2.45, 2.75) is 26.2 Å². The minimum Gasteiger partial charge on any atom is -0.359 e. The summed E-state index contributed by atoms with van der Waals surface area (Å²) in [6.45, 7) is 5.70. The Morgan fingerprint density at radius 1 is 1.17 bits per heavy atom. The fourth-order valence-electron chi connectivity index (χ4n) is 3.76. The van der Waals surface area contributed by atoms with Crippen molar-refractivity contribution in [1.82, 2.24) is 9.88 Å². The molecule has 4 heteroatoms. The first-order chi connectivity index (χ1) is 14.0. The van der Waals surface area contributed by atoms with Gasteiger partial charge in [0, 0.05) is 36.3 Å². The lowest BCUT2D eigenvalue weighted by atomic mass is 9.99. The lowest BCUT2D eigenvalue weighted by molar-refractivity contribution is -0.125. The van der Waals surface area contributed by atoms with Gasteiger partial charge in [0.05, 0.1) is 10.5 Å². The van der Waals surface area contributed by atoms with Gasteiger partial charge in [-0.3, -0.25) is 4.79 Å². The number of halogens is 1. The van der Waals surface area contributed by atoms with E-state index in [0.717, 1.165) is 27.9 Å². The summed E-state index contributed by atoms with van der Waals surface area (Å²) in [6.07, 6.45) is 8.57. The van der Waals surface area contributed by atoms with Gasteiger partial charge in [-0.2, -0.15) is 0 Å². The Labute approximate surface area is 176 Å². The third kappa shape index (κ3) is 4.15. The third-order valence-corrected chi connectivity index (χ3v) is 5.87. The molecule has 1 aliphatic heterocycles. The molecule has 148 valence electrons. The topological polar surface area (TPSA) is 36.1 Å². The molecule has 0 spiro atoms. The normalized spacial score (nSPS) is 14.8. The number of benzene rings is 2. The second kappa shape index (κ2) is 8.30. The molecular weight excluding hydrogens is 380 g/mol. The fourth-order valence-corrected chi connectivity index (χ4v) is 3.99. The molecule has 1 N–H and O–H groups in total. The number of hydrogen-bond donors (Lipinski definition) is 1. The molecule has 0 saturated heterocycles. The number of H-pyrrole nitrogens is 1. The number of fused-ring (bicyclic) bond motifs is 1. The molecule has 0 bridgehead atoms. The summed E-state index contributed by atoms with van der Waals surface area (Å²) in [4.78, 5) is 17.7. The number of aromatic nitrogens is 1. The Morgan fingerprint density at radius 2 is 1.97 bits per heavy atom. The minimum absolute atomic E-state index is 0.0511. The van der Waals surface area contributed by atoms with E-state index in [1.165, 1.54) is 16.7 Å². The number of hydrogen-bond acceptors (Lipinski definition) is 1. The van der Waals surface area contributed by atoms with Crippen molar-refractivity contribution in [3.63, 3.8) is 0 Å². The van der Waals surface area contributed by atoms with E-state index in [2.05, 4.69) is 55.2 Å². The van der Waals surface area contributed by atoms with E-state index in [-0.39, 0.29) is 5.91 Å². The predicted octanol–water partition coefficient (Wildman–Crippen LogP) is 6.27. The van der Waals surface area contributed by atoms with Gasteiger partial charge in [-0.05, 0) is 41.2 Å². The number of aromatic amines is 1. The van der Waals surface area contributed by atoms with Gasteiger partial charge in [0.15, 0.2) is 0 Å². The summed E-state index contributed by atoms with van der Waals surface area (Å²) in [7, 11) is 0. The first-order valence-corrected chi connectivity index (χ1v) is 10.4. The monoisotopic (exact) mass is 404 g/mol. The van der Waals surface area contributed by atoms with Gasteiger partial charge in [-0.15, -0.1) is 0 Å². The lowest BCUT2D eigenvalue weighted by Crippen LogP contribution is -2.33. The van der Waals surface area contributed by atoms with Gasteiger partial charge >= 0.3 is 0 Å². The van der Waals surface area contributed by atoms with Crippen LogP contribution in [0.25, 0.3) is 22.6 Å². The van der Waals surface area contributed by atoms with Crippen molar-refractivity contribution in [1.29, 1.82) is 0 Å². The zero-order valence-corrected chi connectivity index (χ0v) is 17.5. The molecule has 0 saturated carbocycles. The van der Waals surface area contributed by atoms with E-state index in [9.17, 15) is 4.79 Å². The standard InChI is InChI=1S/C25H25ClN2O/c1-17(2)19-9-6-18(7-10-19)8-11-24(29)28-14-12-20(13-15-28)22-16-27-25-21(22)4-3-5-23(25)26/h3-12,16-17,27H,13-15H2,1-2H3/b11-8+. The SMILES string of the molecule is CC(C)c1ccc(/C=C/C(=O)N2CC=C(c3c[nH]c4c(Cl)cccc34)CC2)cc1. The van der Waals surface area contributed by atoms with Crippen LogP contribution in [0.5, 0.6) is 0 Å². The summed E-state index contributed by atoms with van der Waals surface area (Å²) in [5.41, 5.74) is 5.76. The highest BCUT2D eigenvalue weighted by Gasteiger charge is 2.18.